The molecule has 2 bridgehead atoms. The normalized spacial score (nSPS) is 30.4. The average molecular weight is 741 g/mol. The molecule has 2 aromatic carbocycles. The number of nitrogens with one attached hydrogen (secondary N) is 1. The van der Waals surface area contributed by atoms with Crippen LogP contribution >= 0.6 is 11.6 Å². The quantitative estimate of drug-likeness (QED) is 0.346. The molecular formula is C40H57ClN4O5S. The van der Waals surface area contributed by atoms with Crippen LogP contribution < -0.4 is 14.4 Å². The number of fused-ring (bicyclic) bond motifs is 3. The number of carbonyl (C=O) groups is 1. The highest BCUT2D eigenvalue weighted by Crippen LogP contribution is 2.48. The van der Waals surface area contributed by atoms with Gasteiger partial charge in [-0.05, 0) is 132 Å². The lowest BCUT2D eigenvalue weighted by atomic mass is 9.63. The third-order valence-electron chi connectivity index (χ3n) is 12.6. The number of rotatable bonds is 5. The monoisotopic (exact) mass is 740 g/mol. The molecule has 6 rings (SSSR count). The minimum absolute atomic E-state index is 0.186. The summed E-state index contributed by atoms with van der Waals surface area (Å²) >= 11 is 6.40. The summed E-state index contributed by atoms with van der Waals surface area (Å²) < 4.78 is 42.6. The van der Waals surface area contributed by atoms with E-state index < -0.39 is 26.8 Å². The van der Waals surface area contributed by atoms with Crippen LogP contribution in [0, 0.1) is 17.8 Å². The van der Waals surface area contributed by atoms with E-state index >= 15 is 0 Å². The summed E-state index contributed by atoms with van der Waals surface area (Å²) in [4.78, 5) is 20.8. The minimum atomic E-state index is -3.94. The van der Waals surface area contributed by atoms with Crippen molar-refractivity contribution in [3.05, 3.63) is 70.3 Å². The van der Waals surface area contributed by atoms with E-state index in [9.17, 15) is 13.2 Å². The number of ether oxygens (including phenoxy) is 2. The molecular weight excluding hydrogens is 684 g/mol. The lowest BCUT2D eigenvalue weighted by Crippen LogP contribution is -2.67. The molecule has 2 fully saturated rings. The van der Waals surface area contributed by atoms with Crippen LogP contribution in [0.3, 0.4) is 0 Å². The number of carbonyl (C=O) groups excluding carboxylic acids is 1. The molecule has 5 atom stereocenters. The summed E-state index contributed by atoms with van der Waals surface area (Å²) in [5, 5.41) is -0.0533. The molecule has 9 nitrogen and oxygen atoms in total. The number of anilines is 1. The fourth-order valence-electron chi connectivity index (χ4n) is 8.46. The Morgan fingerprint density at radius 1 is 1.08 bits per heavy atom. The summed E-state index contributed by atoms with van der Waals surface area (Å²) in [5.74, 6) is 0.511. The van der Waals surface area contributed by atoms with Crippen LogP contribution in [-0.4, -0.2) is 94.4 Å². The van der Waals surface area contributed by atoms with Crippen molar-refractivity contribution in [2.75, 3.05) is 58.8 Å². The largest absolute Gasteiger partial charge is 0.487 e. The van der Waals surface area contributed by atoms with Gasteiger partial charge in [0.1, 0.15) is 12.4 Å². The van der Waals surface area contributed by atoms with E-state index in [1.807, 2.05) is 44.4 Å². The van der Waals surface area contributed by atoms with Crippen LogP contribution in [0.15, 0.2) is 48.6 Å². The summed E-state index contributed by atoms with van der Waals surface area (Å²) in [6, 6.07) is 11.3. The summed E-state index contributed by atoms with van der Waals surface area (Å²) in [6.45, 7) is 10.9. The lowest BCUT2D eigenvalue weighted by Gasteiger charge is -2.54. The number of hydrogen-bond acceptors (Lipinski definition) is 8. The Balaban J connectivity index is 1.36. The van der Waals surface area contributed by atoms with Gasteiger partial charge >= 0.3 is 0 Å². The molecule has 51 heavy (non-hydrogen) atoms. The molecule has 1 amide bonds. The molecule has 2 aromatic rings. The number of methoxy groups -OCH3 is 1. The molecule has 1 aliphatic carbocycles. The highest BCUT2D eigenvalue weighted by molar-refractivity contribution is 7.90. The highest BCUT2D eigenvalue weighted by atomic mass is 35.5. The van der Waals surface area contributed by atoms with Crippen molar-refractivity contribution < 1.29 is 22.7 Å². The molecule has 280 valence electrons. The first-order valence-corrected chi connectivity index (χ1v) is 20.6. The van der Waals surface area contributed by atoms with E-state index in [4.69, 9.17) is 21.1 Å². The molecule has 3 heterocycles. The third kappa shape index (κ3) is 8.15. The Labute approximate surface area is 310 Å². The number of likely N-dealkylation sites (N-methyl/N-ethyl adjacent to an activating group) is 1. The highest BCUT2D eigenvalue weighted by Gasteiger charge is 2.48. The Kier molecular flexibility index (Phi) is 11.5. The zero-order valence-electron chi connectivity index (χ0n) is 31.3. The number of halogens is 1. The zero-order chi connectivity index (χ0) is 36.6. The standard InChI is InChI=1S/C40H57ClN4O5S/c1-28-10-9-18-40(49-6,19-21-44-26-39(3,27-44)43(4)5)35-16-13-32(35)24-45-20-8-7-11-30-22-34(41)15-12-33(30)25-50-37-17-14-31(23-36(37)45)38(46)42-51(47,48)29(28)2/h9,12,14-15,17-18,22-23,28-29,32,35H,7-8,10-11,13,16,19-21,24-27H2,1-6H3,(H,42,46)/b18-9+/t28-,29+,32-,35+,40-/m0/s1. The SMILES string of the molecule is CO[C@]1(CCN2CC(C)(N(C)C)C2)/C=C/C[C@H](C)[C@@H](C)S(=O)(=O)NC(=O)c2ccc3c(c2)N(CCCCc2cc(Cl)ccc2CO3)C[C@@H]2CC[C@H]21. The van der Waals surface area contributed by atoms with Crippen LogP contribution in [0.5, 0.6) is 5.75 Å². The number of aryl methyl sites for hydroxylation is 1. The van der Waals surface area contributed by atoms with Crippen molar-refractivity contribution in [2.45, 2.75) is 88.7 Å². The van der Waals surface area contributed by atoms with Gasteiger partial charge in [-0.2, -0.15) is 0 Å². The van der Waals surface area contributed by atoms with E-state index in [-0.39, 0.29) is 11.5 Å². The van der Waals surface area contributed by atoms with E-state index in [1.165, 1.54) is 5.56 Å². The zero-order valence-corrected chi connectivity index (χ0v) is 32.9. The molecule has 0 unspecified atom stereocenters. The maximum atomic E-state index is 13.6. The van der Waals surface area contributed by atoms with Crippen molar-refractivity contribution in [1.29, 1.82) is 0 Å². The van der Waals surface area contributed by atoms with Crippen LogP contribution in [0.4, 0.5) is 5.69 Å². The Hall–Kier alpha value is -2.63. The predicted molar refractivity (Wildman–Crippen MR) is 205 cm³/mol. The molecule has 4 aliphatic rings. The predicted octanol–water partition coefficient (Wildman–Crippen LogP) is 6.54. The number of sulfonamides is 1. The van der Waals surface area contributed by atoms with Gasteiger partial charge in [-0.3, -0.25) is 9.69 Å². The maximum absolute atomic E-state index is 13.6. The smallest absolute Gasteiger partial charge is 0.264 e. The fourth-order valence-corrected chi connectivity index (χ4v) is 9.94. The van der Waals surface area contributed by atoms with Gasteiger partial charge in [0.25, 0.3) is 5.91 Å². The van der Waals surface area contributed by atoms with Crippen LogP contribution in [0.2, 0.25) is 5.02 Å². The molecule has 11 heteroatoms. The summed E-state index contributed by atoms with van der Waals surface area (Å²) in [5.41, 5.74) is 3.11. The van der Waals surface area contributed by atoms with E-state index in [0.29, 0.717) is 36.2 Å². The van der Waals surface area contributed by atoms with Gasteiger partial charge in [-0.25, -0.2) is 13.1 Å². The number of amides is 1. The third-order valence-corrected chi connectivity index (χ3v) is 14.7. The number of benzene rings is 2. The van der Waals surface area contributed by atoms with Crippen molar-refractivity contribution in [3.8, 4) is 5.75 Å². The van der Waals surface area contributed by atoms with Gasteiger partial charge in [0, 0.05) is 56.0 Å². The fraction of sp³-hybridized carbons (Fsp3) is 0.625. The second kappa shape index (κ2) is 15.4. The van der Waals surface area contributed by atoms with E-state index in [2.05, 4.69) is 52.6 Å². The first-order valence-electron chi connectivity index (χ1n) is 18.7. The van der Waals surface area contributed by atoms with Crippen molar-refractivity contribution >= 4 is 33.2 Å². The molecule has 0 aromatic heterocycles. The Morgan fingerprint density at radius 3 is 2.57 bits per heavy atom. The van der Waals surface area contributed by atoms with E-state index in [0.717, 1.165) is 87.5 Å². The van der Waals surface area contributed by atoms with Gasteiger partial charge in [0.05, 0.1) is 16.5 Å². The summed E-state index contributed by atoms with van der Waals surface area (Å²) in [6.07, 6.45) is 10.8. The summed E-state index contributed by atoms with van der Waals surface area (Å²) in [7, 11) is 2.21. The van der Waals surface area contributed by atoms with Gasteiger partial charge in [-0.15, -0.1) is 0 Å². The first-order chi connectivity index (χ1) is 24.2. The van der Waals surface area contributed by atoms with Gasteiger partial charge in [0.2, 0.25) is 10.0 Å². The molecule has 0 radical (unpaired) electrons. The van der Waals surface area contributed by atoms with Crippen LogP contribution in [-0.2, 0) is 27.8 Å². The molecule has 3 aliphatic heterocycles. The number of likely N-dealkylation sites (tertiary alicyclic amines) is 1. The van der Waals surface area contributed by atoms with Gasteiger partial charge in [-0.1, -0.05) is 36.7 Å². The van der Waals surface area contributed by atoms with Crippen LogP contribution in [0.25, 0.3) is 0 Å². The minimum Gasteiger partial charge on any atom is -0.487 e. The number of nitrogens with zero attached hydrogens (tertiary/aromatic N) is 3. The van der Waals surface area contributed by atoms with Crippen molar-refractivity contribution in [3.63, 3.8) is 0 Å². The van der Waals surface area contributed by atoms with Crippen molar-refractivity contribution in [1.82, 2.24) is 14.5 Å². The van der Waals surface area contributed by atoms with Gasteiger partial charge in [0.15, 0.2) is 0 Å². The van der Waals surface area contributed by atoms with Gasteiger partial charge < -0.3 is 19.3 Å². The molecule has 0 spiro atoms. The molecule has 1 saturated carbocycles. The second-order valence-electron chi connectivity index (χ2n) is 16.0. The average Bonchev–Trinajstić information content (AvgIpc) is 3.09. The first kappa shape index (κ1) is 38.1. The lowest BCUT2D eigenvalue weighted by molar-refractivity contribution is -0.0940. The number of hydrogen-bond donors (Lipinski definition) is 1. The Morgan fingerprint density at radius 2 is 1.86 bits per heavy atom. The van der Waals surface area contributed by atoms with Crippen molar-refractivity contribution in [2.24, 2.45) is 17.8 Å². The molecule has 1 N–H and O–H groups in total. The second-order valence-corrected chi connectivity index (χ2v) is 18.5. The van der Waals surface area contributed by atoms with E-state index in [1.54, 1.807) is 13.0 Å². The topological polar surface area (TPSA) is 91.4 Å². The maximum Gasteiger partial charge on any atom is 0.264 e. The molecule has 1 saturated heterocycles. The Bertz CT molecular complexity index is 1710. The van der Waals surface area contributed by atoms with Crippen LogP contribution in [0.1, 0.15) is 80.8 Å². The number of allylic oxidation sites excluding steroid dienone is 1.